The number of nitrogens with zero attached hydrogens (tertiary/aromatic N) is 1. The first-order valence-corrected chi connectivity index (χ1v) is 17.2. The topological polar surface area (TPSA) is 23.4 Å². The van der Waals surface area contributed by atoms with E-state index in [-0.39, 0.29) is 16.3 Å². The Balaban J connectivity index is 1.78. The summed E-state index contributed by atoms with van der Waals surface area (Å²) in [6, 6.07) is 23.2. The van der Waals surface area contributed by atoms with Gasteiger partial charge in [-0.1, -0.05) is 71.0 Å². The molecule has 0 aliphatic carbocycles. The van der Waals surface area contributed by atoms with Gasteiger partial charge in [0.15, 0.2) is 8.32 Å². The van der Waals surface area contributed by atoms with E-state index >= 15 is 0 Å². The highest BCUT2D eigenvalue weighted by atomic mass is 127. The average Bonchev–Trinajstić information content (AvgIpc) is 3.16. The van der Waals surface area contributed by atoms with Gasteiger partial charge in [0.25, 0.3) is 0 Å². The minimum Gasteiger partial charge on any atom is -0.488 e. The Morgan fingerprint density at radius 1 is 0.868 bits per heavy atom. The molecule has 0 spiro atoms. The van der Waals surface area contributed by atoms with Crippen LogP contribution in [0.2, 0.25) is 18.1 Å². The molecule has 202 valence electrons. The second-order valence-electron chi connectivity index (χ2n) is 12.1. The molecule has 1 heterocycles. The summed E-state index contributed by atoms with van der Waals surface area (Å²) in [6.07, 6.45) is 0.868. The fourth-order valence-electron chi connectivity index (χ4n) is 4.47. The molecule has 38 heavy (non-hydrogen) atoms. The maximum Gasteiger partial charge on any atom is 0.191 e. The molecule has 0 unspecified atom stereocenters. The minimum atomic E-state index is -1.86. The molecule has 0 atom stereocenters. The third kappa shape index (κ3) is 6.02. The van der Waals surface area contributed by atoms with Gasteiger partial charge in [0.1, 0.15) is 18.2 Å². The average molecular weight is 644 g/mol. The van der Waals surface area contributed by atoms with Crippen LogP contribution in [-0.4, -0.2) is 19.5 Å². The lowest BCUT2D eigenvalue weighted by atomic mass is 9.85. The summed E-state index contributed by atoms with van der Waals surface area (Å²) in [5.74, 6) is 0.613. The van der Waals surface area contributed by atoms with E-state index in [0.29, 0.717) is 13.2 Å². The second-order valence-corrected chi connectivity index (χ2v) is 18.0. The van der Waals surface area contributed by atoms with Crippen molar-refractivity contribution >= 4 is 41.8 Å². The van der Waals surface area contributed by atoms with Crippen LogP contribution in [0.25, 0.3) is 16.6 Å². The smallest absolute Gasteiger partial charge is 0.191 e. The molecule has 0 saturated carbocycles. The molecular formula is C32H39FINO2Si. The van der Waals surface area contributed by atoms with E-state index in [4.69, 9.17) is 9.16 Å². The predicted molar refractivity (Wildman–Crippen MR) is 168 cm³/mol. The van der Waals surface area contributed by atoms with E-state index in [9.17, 15) is 4.39 Å². The van der Waals surface area contributed by atoms with Gasteiger partial charge >= 0.3 is 0 Å². The summed E-state index contributed by atoms with van der Waals surface area (Å²) in [4.78, 5) is 0. The van der Waals surface area contributed by atoms with E-state index in [1.165, 1.54) is 17.8 Å². The zero-order valence-electron chi connectivity index (χ0n) is 23.6. The summed E-state index contributed by atoms with van der Waals surface area (Å²) in [5, 5.41) is 1.25. The van der Waals surface area contributed by atoms with Gasteiger partial charge in [-0.2, -0.15) is 0 Å². The molecule has 1 aromatic heterocycles. The van der Waals surface area contributed by atoms with E-state index < -0.39 is 8.32 Å². The zero-order valence-corrected chi connectivity index (χ0v) is 26.7. The number of ether oxygens (including phenoxy) is 1. The van der Waals surface area contributed by atoms with Crippen molar-refractivity contribution in [3.63, 3.8) is 0 Å². The Kier molecular flexibility index (Phi) is 8.45. The third-order valence-corrected chi connectivity index (χ3v) is 13.4. The van der Waals surface area contributed by atoms with Crippen molar-refractivity contribution in [1.29, 1.82) is 0 Å². The number of rotatable bonds is 9. The first-order chi connectivity index (χ1) is 17.8. The molecule has 0 N–H and O–H groups in total. The van der Waals surface area contributed by atoms with E-state index in [1.807, 2.05) is 42.5 Å². The van der Waals surface area contributed by atoms with Crippen molar-refractivity contribution < 1.29 is 13.6 Å². The number of benzene rings is 3. The fourth-order valence-corrected chi connectivity index (χ4v) is 7.03. The van der Waals surface area contributed by atoms with Crippen molar-refractivity contribution in [1.82, 2.24) is 4.57 Å². The monoisotopic (exact) mass is 643 g/mol. The van der Waals surface area contributed by atoms with Crippen molar-refractivity contribution in [3.8, 4) is 11.4 Å². The predicted octanol–water partition coefficient (Wildman–Crippen LogP) is 9.64. The quantitative estimate of drug-likeness (QED) is 0.134. The molecule has 0 saturated heterocycles. The van der Waals surface area contributed by atoms with Crippen LogP contribution in [0, 0.1) is 9.39 Å². The van der Waals surface area contributed by atoms with Crippen molar-refractivity contribution in [2.45, 2.75) is 71.2 Å². The van der Waals surface area contributed by atoms with Crippen molar-refractivity contribution in [3.05, 3.63) is 93.4 Å². The van der Waals surface area contributed by atoms with Gasteiger partial charge in [-0.25, -0.2) is 4.39 Å². The van der Waals surface area contributed by atoms with Gasteiger partial charge < -0.3 is 13.7 Å². The van der Waals surface area contributed by atoms with E-state index in [2.05, 4.69) is 93.1 Å². The van der Waals surface area contributed by atoms with Crippen molar-refractivity contribution in [2.75, 3.05) is 6.61 Å². The van der Waals surface area contributed by atoms with Crippen LogP contribution in [0.4, 0.5) is 4.39 Å². The number of halogens is 2. The molecule has 0 bridgehead atoms. The van der Waals surface area contributed by atoms with Crippen molar-refractivity contribution in [2.24, 2.45) is 0 Å². The Hall–Kier alpha value is -2.16. The van der Waals surface area contributed by atoms with Gasteiger partial charge in [-0.15, -0.1) is 0 Å². The highest BCUT2D eigenvalue weighted by Gasteiger charge is 2.38. The fraction of sp³-hybridized carbons (Fsp3) is 0.375. The molecule has 0 radical (unpaired) electrons. The lowest BCUT2D eigenvalue weighted by molar-refractivity contribution is 0.248. The number of fused-ring (bicyclic) bond motifs is 1. The number of hydrogen-bond donors (Lipinski definition) is 0. The Labute approximate surface area is 241 Å². The highest BCUT2D eigenvalue weighted by Crippen LogP contribution is 2.43. The summed E-state index contributed by atoms with van der Waals surface area (Å²) >= 11 is 2.47. The van der Waals surface area contributed by atoms with Crippen LogP contribution in [-0.2, 0) is 16.4 Å². The molecular weight excluding hydrogens is 604 g/mol. The zero-order chi connectivity index (χ0) is 27.7. The van der Waals surface area contributed by atoms with Gasteiger partial charge in [0, 0.05) is 27.0 Å². The molecule has 6 heteroatoms. The molecule has 0 aliphatic rings. The SMILES string of the molecule is CC(C)(CCO[Si](C)(C)C(C)(C)C)c1c(I)c2c(OCc3ccccc3)cccc2n1-c1ccc(F)cc1. The summed E-state index contributed by atoms with van der Waals surface area (Å²) in [6.45, 7) is 17.2. The first-order valence-electron chi connectivity index (χ1n) is 13.2. The lowest BCUT2D eigenvalue weighted by Gasteiger charge is -2.37. The van der Waals surface area contributed by atoms with Crippen LogP contribution < -0.4 is 4.74 Å². The van der Waals surface area contributed by atoms with Gasteiger partial charge in [-0.05, 0) is 89.1 Å². The van der Waals surface area contributed by atoms with Crippen LogP contribution in [0.3, 0.4) is 0 Å². The molecule has 0 aliphatic heterocycles. The Morgan fingerprint density at radius 2 is 1.53 bits per heavy atom. The molecule has 0 fully saturated rings. The number of hydrogen-bond acceptors (Lipinski definition) is 2. The molecule has 4 rings (SSSR count). The summed E-state index contributed by atoms with van der Waals surface area (Å²) < 4.78 is 30.3. The van der Waals surface area contributed by atoms with Crippen LogP contribution in [0.5, 0.6) is 5.75 Å². The summed E-state index contributed by atoms with van der Waals surface area (Å²) in [5.41, 5.74) is 4.10. The van der Waals surface area contributed by atoms with E-state index in [0.717, 1.165) is 37.9 Å². The second kappa shape index (κ2) is 11.1. The van der Waals surface area contributed by atoms with Crippen LogP contribution >= 0.6 is 22.6 Å². The maximum absolute atomic E-state index is 13.9. The maximum atomic E-state index is 13.9. The normalized spacial score (nSPS) is 12.8. The minimum absolute atomic E-state index is 0.166. The molecule has 0 amide bonds. The van der Waals surface area contributed by atoms with Crippen LogP contribution in [0.15, 0.2) is 72.8 Å². The van der Waals surface area contributed by atoms with Gasteiger partial charge in [0.2, 0.25) is 0 Å². The number of aromatic nitrogens is 1. The first kappa shape index (κ1) is 28.8. The molecule has 3 aromatic carbocycles. The molecule has 4 aromatic rings. The summed E-state index contributed by atoms with van der Waals surface area (Å²) in [7, 11) is -1.86. The van der Waals surface area contributed by atoms with Gasteiger partial charge in [0.05, 0.1) is 10.9 Å². The largest absolute Gasteiger partial charge is 0.488 e. The lowest BCUT2D eigenvalue weighted by Crippen LogP contribution is -2.41. The highest BCUT2D eigenvalue weighted by molar-refractivity contribution is 14.1. The Bertz CT molecular complexity index is 1390. The standard InChI is InChI=1S/C32H39FINO2Si/c1-31(2,3)38(6,7)37-21-20-32(4,5)30-29(34)28-26(35(30)25-18-16-24(33)17-19-25)14-11-15-27(28)36-22-23-12-9-8-10-13-23/h8-19H,20-22H2,1-7H3. The Morgan fingerprint density at radius 3 is 2.16 bits per heavy atom. The van der Waals surface area contributed by atoms with Crippen LogP contribution in [0.1, 0.15) is 52.3 Å². The third-order valence-electron chi connectivity index (χ3n) is 7.86. The molecule has 3 nitrogen and oxygen atoms in total. The van der Waals surface area contributed by atoms with Gasteiger partial charge in [-0.3, -0.25) is 0 Å². The van der Waals surface area contributed by atoms with E-state index in [1.54, 1.807) is 0 Å².